The largest absolute Gasteiger partial charge is 0.381 e. The van der Waals surface area contributed by atoms with E-state index in [2.05, 4.69) is 24.5 Å². The molecular formula is C17H36N2O3. The van der Waals surface area contributed by atoms with Crippen molar-refractivity contribution in [1.29, 1.82) is 0 Å². The third kappa shape index (κ3) is 17.4. The van der Waals surface area contributed by atoms with Gasteiger partial charge >= 0.3 is 0 Å². The summed E-state index contributed by atoms with van der Waals surface area (Å²) in [6.07, 6.45) is 5.88. The molecule has 0 spiro atoms. The first-order chi connectivity index (χ1) is 10.7. The second-order valence-electron chi connectivity index (χ2n) is 5.99. The Hall–Kier alpha value is -0.650. The first kappa shape index (κ1) is 21.4. The zero-order chi connectivity index (χ0) is 16.5. The van der Waals surface area contributed by atoms with Gasteiger partial charge in [-0.3, -0.25) is 4.79 Å². The summed E-state index contributed by atoms with van der Waals surface area (Å²) >= 11 is 0. The Morgan fingerprint density at radius 3 is 2.27 bits per heavy atom. The molecule has 0 aromatic heterocycles. The molecule has 0 aliphatic carbocycles. The van der Waals surface area contributed by atoms with E-state index < -0.39 is 0 Å². The summed E-state index contributed by atoms with van der Waals surface area (Å²) in [7, 11) is 1.67. The van der Waals surface area contributed by atoms with Crippen LogP contribution < -0.4 is 10.6 Å². The van der Waals surface area contributed by atoms with E-state index in [9.17, 15) is 4.79 Å². The van der Waals surface area contributed by atoms with Gasteiger partial charge in [0.2, 0.25) is 5.91 Å². The van der Waals surface area contributed by atoms with Crippen molar-refractivity contribution in [2.45, 2.75) is 52.4 Å². The van der Waals surface area contributed by atoms with E-state index in [1.165, 1.54) is 12.8 Å². The van der Waals surface area contributed by atoms with E-state index in [0.717, 1.165) is 64.7 Å². The molecule has 2 N–H and O–H groups in total. The van der Waals surface area contributed by atoms with Crippen LogP contribution in [0.1, 0.15) is 52.4 Å². The van der Waals surface area contributed by atoms with Gasteiger partial charge in [0, 0.05) is 39.8 Å². The van der Waals surface area contributed by atoms with E-state index in [0.29, 0.717) is 6.42 Å². The number of amides is 1. The molecule has 5 nitrogen and oxygen atoms in total. The molecule has 0 fully saturated rings. The van der Waals surface area contributed by atoms with E-state index >= 15 is 0 Å². The number of carbonyl (C=O) groups is 1. The quantitative estimate of drug-likeness (QED) is 0.429. The standard InChI is InChI=1S/C17H36N2O3/c1-16(2)8-6-10-19-11-15-22-14-7-13-21-12-5-4-9-17(20)18-3/h16,19H,4-15H2,1-3H3,(H,18,20). The van der Waals surface area contributed by atoms with Gasteiger partial charge in [0.25, 0.3) is 0 Å². The highest BCUT2D eigenvalue weighted by atomic mass is 16.5. The van der Waals surface area contributed by atoms with E-state index in [-0.39, 0.29) is 5.91 Å². The van der Waals surface area contributed by atoms with Crippen LogP contribution in [0.2, 0.25) is 0 Å². The molecule has 132 valence electrons. The Labute approximate surface area is 136 Å². The first-order valence-electron chi connectivity index (χ1n) is 8.73. The molecule has 22 heavy (non-hydrogen) atoms. The van der Waals surface area contributed by atoms with Crippen molar-refractivity contribution in [3.8, 4) is 0 Å². The monoisotopic (exact) mass is 316 g/mol. The Kier molecular flexibility index (Phi) is 16.2. The lowest BCUT2D eigenvalue weighted by molar-refractivity contribution is -0.120. The summed E-state index contributed by atoms with van der Waals surface area (Å²) in [5, 5.41) is 6.01. The lowest BCUT2D eigenvalue weighted by atomic mass is 10.1. The predicted octanol–water partition coefficient (Wildman–Crippen LogP) is 2.35. The number of unbranched alkanes of at least 4 members (excludes halogenated alkanes) is 1. The highest BCUT2D eigenvalue weighted by molar-refractivity contribution is 5.75. The fourth-order valence-electron chi connectivity index (χ4n) is 1.99. The van der Waals surface area contributed by atoms with Crippen LogP contribution >= 0.6 is 0 Å². The number of carbonyl (C=O) groups excluding carboxylic acids is 1. The smallest absolute Gasteiger partial charge is 0.219 e. The minimum atomic E-state index is 0.103. The van der Waals surface area contributed by atoms with Gasteiger partial charge in [-0.25, -0.2) is 0 Å². The molecule has 5 heteroatoms. The SMILES string of the molecule is CNC(=O)CCCCOCCCOCCNCCCC(C)C. The van der Waals surface area contributed by atoms with Gasteiger partial charge in [-0.05, 0) is 44.6 Å². The lowest BCUT2D eigenvalue weighted by Gasteiger charge is -2.08. The molecule has 0 aliphatic heterocycles. The summed E-state index contributed by atoms with van der Waals surface area (Å²) in [6, 6.07) is 0. The average molecular weight is 316 g/mol. The van der Waals surface area contributed by atoms with Crippen LogP contribution in [-0.2, 0) is 14.3 Å². The number of hydrogen-bond donors (Lipinski definition) is 2. The summed E-state index contributed by atoms with van der Waals surface area (Å²) in [5.41, 5.74) is 0. The van der Waals surface area contributed by atoms with Gasteiger partial charge in [0.05, 0.1) is 6.61 Å². The third-order valence-electron chi connectivity index (χ3n) is 3.36. The first-order valence-corrected chi connectivity index (χ1v) is 8.73. The molecule has 0 saturated carbocycles. The van der Waals surface area contributed by atoms with Crippen molar-refractivity contribution < 1.29 is 14.3 Å². The van der Waals surface area contributed by atoms with Crippen LogP contribution in [0.5, 0.6) is 0 Å². The minimum Gasteiger partial charge on any atom is -0.381 e. The summed E-state index contributed by atoms with van der Waals surface area (Å²) in [4.78, 5) is 11.0. The van der Waals surface area contributed by atoms with Gasteiger partial charge in [-0.2, -0.15) is 0 Å². The van der Waals surface area contributed by atoms with E-state index in [1.807, 2.05) is 0 Å². The van der Waals surface area contributed by atoms with E-state index in [1.54, 1.807) is 7.05 Å². The Morgan fingerprint density at radius 1 is 0.909 bits per heavy atom. The van der Waals surface area contributed by atoms with Gasteiger partial charge in [0.15, 0.2) is 0 Å². The van der Waals surface area contributed by atoms with Crippen LogP contribution in [0.4, 0.5) is 0 Å². The average Bonchev–Trinajstić information content (AvgIpc) is 2.50. The minimum absolute atomic E-state index is 0.103. The van der Waals surface area contributed by atoms with Crippen LogP contribution in [0, 0.1) is 5.92 Å². The molecule has 0 unspecified atom stereocenters. The maximum atomic E-state index is 11.0. The van der Waals surface area contributed by atoms with Crippen LogP contribution in [0.15, 0.2) is 0 Å². The highest BCUT2D eigenvalue weighted by Crippen LogP contribution is 2.01. The second-order valence-corrected chi connectivity index (χ2v) is 5.99. The maximum Gasteiger partial charge on any atom is 0.219 e. The van der Waals surface area contributed by atoms with Gasteiger partial charge < -0.3 is 20.1 Å². The summed E-state index contributed by atoms with van der Waals surface area (Å²) in [5.74, 6) is 0.896. The number of ether oxygens (including phenoxy) is 2. The number of hydrogen-bond acceptors (Lipinski definition) is 4. The Balaban J connectivity index is 3.01. The molecular weight excluding hydrogens is 280 g/mol. The van der Waals surface area contributed by atoms with Gasteiger partial charge in [-0.1, -0.05) is 13.8 Å². The zero-order valence-corrected chi connectivity index (χ0v) is 14.8. The van der Waals surface area contributed by atoms with Crippen molar-refractivity contribution >= 4 is 5.91 Å². The van der Waals surface area contributed by atoms with Gasteiger partial charge in [-0.15, -0.1) is 0 Å². The highest BCUT2D eigenvalue weighted by Gasteiger charge is 1.97. The molecule has 0 bridgehead atoms. The maximum absolute atomic E-state index is 11.0. The molecule has 0 heterocycles. The van der Waals surface area contributed by atoms with Crippen molar-refractivity contribution in [3.63, 3.8) is 0 Å². The summed E-state index contributed by atoms with van der Waals surface area (Å²) < 4.78 is 11.0. The fourth-order valence-corrected chi connectivity index (χ4v) is 1.99. The Bertz CT molecular complexity index is 248. The predicted molar refractivity (Wildman–Crippen MR) is 91.1 cm³/mol. The molecule has 1 amide bonds. The molecule has 0 aromatic rings. The molecule has 0 saturated heterocycles. The molecule has 0 radical (unpaired) electrons. The number of rotatable bonds is 16. The van der Waals surface area contributed by atoms with Crippen LogP contribution in [0.25, 0.3) is 0 Å². The molecule has 0 aliphatic rings. The van der Waals surface area contributed by atoms with Crippen molar-refractivity contribution in [1.82, 2.24) is 10.6 Å². The molecule has 0 rings (SSSR count). The normalized spacial score (nSPS) is 11.1. The zero-order valence-electron chi connectivity index (χ0n) is 14.8. The number of nitrogens with one attached hydrogen (secondary N) is 2. The Morgan fingerprint density at radius 2 is 1.59 bits per heavy atom. The lowest BCUT2D eigenvalue weighted by Crippen LogP contribution is -2.21. The summed E-state index contributed by atoms with van der Waals surface area (Å²) in [6.45, 7) is 9.52. The second kappa shape index (κ2) is 16.7. The van der Waals surface area contributed by atoms with Crippen LogP contribution in [-0.4, -0.2) is 52.5 Å². The van der Waals surface area contributed by atoms with Crippen molar-refractivity contribution in [3.05, 3.63) is 0 Å². The van der Waals surface area contributed by atoms with Crippen LogP contribution in [0.3, 0.4) is 0 Å². The van der Waals surface area contributed by atoms with Crippen molar-refractivity contribution in [2.24, 2.45) is 5.92 Å². The van der Waals surface area contributed by atoms with Gasteiger partial charge in [0.1, 0.15) is 0 Å². The topological polar surface area (TPSA) is 59.6 Å². The van der Waals surface area contributed by atoms with Crippen molar-refractivity contribution in [2.75, 3.05) is 46.6 Å². The third-order valence-corrected chi connectivity index (χ3v) is 3.36. The van der Waals surface area contributed by atoms with E-state index in [4.69, 9.17) is 9.47 Å². The molecule has 0 aromatic carbocycles. The fraction of sp³-hybridized carbons (Fsp3) is 0.941. The molecule has 0 atom stereocenters.